The summed E-state index contributed by atoms with van der Waals surface area (Å²) >= 11 is 0. The fourth-order valence-corrected chi connectivity index (χ4v) is 4.42. The molecule has 0 bridgehead atoms. The Balaban J connectivity index is 1.41. The van der Waals surface area contributed by atoms with Gasteiger partial charge in [-0.1, -0.05) is 49.6 Å². The van der Waals surface area contributed by atoms with Gasteiger partial charge < -0.3 is 19.8 Å². The average molecular weight is 462 g/mol. The number of benzene rings is 1. The zero-order valence-corrected chi connectivity index (χ0v) is 19.6. The van der Waals surface area contributed by atoms with Crippen LogP contribution in [0.5, 0.6) is 5.75 Å². The van der Waals surface area contributed by atoms with Crippen LogP contribution in [0.4, 0.5) is 0 Å². The maximum Gasteiger partial charge on any atom is 0.287 e. The molecule has 2 atom stereocenters. The van der Waals surface area contributed by atoms with Crippen LogP contribution >= 0.6 is 0 Å². The van der Waals surface area contributed by atoms with Crippen molar-refractivity contribution in [3.05, 3.63) is 72.1 Å². The average Bonchev–Trinajstić information content (AvgIpc) is 3.39. The first-order chi connectivity index (χ1) is 16.5. The van der Waals surface area contributed by atoms with Crippen molar-refractivity contribution in [1.82, 2.24) is 15.6 Å². The molecule has 1 aliphatic rings. The van der Waals surface area contributed by atoms with Crippen molar-refractivity contribution >= 4 is 11.8 Å². The molecule has 4 rings (SSSR count). The van der Waals surface area contributed by atoms with Crippen molar-refractivity contribution in [3.8, 4) is 17.2 Å². The van der Waals surface area contributed by atoms with Gasteiger partial charge in [0.15, 0.2) is 11.5 Å². The monoisotopic (exact) mass is 461 g/mol. The highest BCUT2D eigenvalue weighted by Gasteiger charge is 2.31. The minimum atomic E-state index is -0.562. The predicted octanol–water partition coefficient (Wildman–Crippen LogP) is 4.91. The minimum absolute atomic E-state index is 0.106. The maximum atomic E-state index is 12.8. The molecule has 2 amide bonds. The summed E-state index contributed by atoms with van der Waals surface area (Å²) in [7, 11) is 1.59. The van der Waals surface area contributed by atoms with Gasteiger partial charge in [0.1, 0.15) is 23.6 Å². The Morgan fingerprint density at radius 1 is 1.03 bits per heavy atom. The molecule has 178 valence electrons. The number of ether oxygens (including phenoxy) is 1. The van der Waals surface area contributed by atoms with E-state index in [-0.39, 0.29) is 23.7 Å². The number of carbonyl (C=O) groups excluding carboxylic acids is 2. The number of amides is 2. The van der Waals surface area contributed by atoms with E-state index in [1.54, 1.807) is 31.4 Å². The van der Waals surface area contributed by atoms with Gasteiger partial charge in [0, 0.05) is 7.05 Å². The molecule has 1 aromatic carbocycles. The van der Waals surface area contributed by atoms with E-state index in [4.69, 9.17) is 9.15 Å². The number of carbonyl (C=O) groups is 2. The van der Waals surface area contributed by atoms with Crippen molar-refractivity contribution in [2.75, 3.05) is 7.05 Å². The summed E-state index contributed by atoms with van der Waals surface area (Å²) in [6.45, 7) is 1.99. The fourth-order valence-electron chi connectivity index (χ4n) is 4.42. The highest BCUT2D eigenvalue weighted by atomic mass is 16.5. The first-order valence-electron chi connectivity index (χ1n) is 11.9. The molecule has 2 heterocycles. The molecule has 7 nitrogen and oxygen atoms in total. The summed E-state index contributed by atoms with van der Waals surface area (Å²) in [6.07, 6.45) is 6.73. The van der Waals surface area contributed by atoms with E-state index < -0.39 is 11.9 Å². The second kappa shape index (κ2) is 11.0. The maximum absolute atomic E-state index is 12.8. The molecule has 34 heavy (non-hydrogen) atoms. The normalized spacial score (nSPS) is 15.8. The number of rotatable bonds is 8. The lowest BCUT2D eigenvalue weighted by atomic mass is 9.83. The number of aromatic nitrogens is 1. The molecule has 1 aliphatic carbocycles. The molecule has 0 unspecified atom stereocenters. The first kappa shape index (κ1) is 23.5. The number of furan rings is 1. The Hall–Kier alpha value is -3.61. The van der Waals surface area contributed by atoms with Gasteiger partial charge >= 0.3 is 0 Å². The van der Waals surface area contributed by atoms with E-state index in [2.05, 4.69) is 15.6 Å². The quantitative estimate of drug-likeness (QED) is 0.497. The van der Waals surface area contributed by atoms with Crippen LogP contribution in [0.25, 0.3) is 11.5 Å². The van der Waals surface area contributed by atoms with Gasteiger partial charge in [-0.15, -0.1) is 0 Å². The van der Waals surface area contributed by atoms with Gasteiger partial charge in [0.25, 0.3) is 5.91 Å². The molecule has 0 saturated heterocycles. The SMILES string of the molecule is CNC(=O)[C@@H](NC(=O)c1ccc(-c2ccc(O[C@H](C)c3ccccc3)cn2)o1)C1CCCCC1. The highest BCUT2D eigenvalue weighted by molar-refractivity contribution is 5.96. The van der Waals surface area contributed by atoms with Gasteiger partial charge in [-0.05, 0) is 55.5 Å². The molecular weight excluding hydrogens is 430 g/mol. The lowest BCUT2D eigenvalue weighted by molar-refractivity contribution is -0.124. The van der Waals surface area contributed by atoms with E-state index in [1.807, 2.05) is 43.3 Å². The van der Waals surface area contributed by atoms with Crippen LogP contribution < -0.4 is 15.4 Å². The lowest BCUT2D eigenvalue weighted by Crippen LogP contribution is -2.50. The van der Waals surface area contributed by atoms with E-state index >= 15 is 0 Å². The molecule has 2 N–H and O–H groups in total. The molecule has 0 spiro atoms. The van der Waals surface area contributed by atoms with Crippen molar-refractivity contribution < 1.29 is 18.7 Å². The zero-order valence-electron chi connectivity index (χ0n) is 19.6. The van der Waals surface area contributed by atoms with Crippen molar-refractivity contribution in [3.63, 3.8) is 0 Å². The van der Waals surface area contributed by atoms with Gasteiger partial charge in [0.2, 0.25) is 5.91 Å². The molecule has 0 aliphatic heterocycles. The molecule has 0 radical (unpaired) electrons. The van der Waals surface area contributed by atoms with Crippen LogP contribution in [-0.2, 0) is 4.79 Å². The molecule has 2 aromatic heterocycles. The van der Waals surface area contributed by atoms with Gasteiger partial charge in [-0.3, -0.25) is 9.59 Å². The Morgan fingerprint density at radius 2 is 1.79 bits per heavy atom. The number of likely N-dealkylation sites (N-methyl/N-ethyl adjacent to an activating group) is 1. The van der Waals surface area contributed by atoms with Gasteiger partial charge in [-0.2, -0.15) is 0 Å². The van der Waals surface area contributed by atoms with Gasteiger partial charge in [-0.25, -0.2) is 4.98 Å². The van der Waals surface area contributed by atoms with Crippen LogP contribution in [-0.4, -0.2) is 29.9 Å². The van der Waals surface area contributed by atoms with Crippen LogP contribution in [0, 0.1) is 5.92 Å². The van der Waals surface area contributed by atoms with Crippen LogP contribution in [0.3, 0.4) is 0 Å². The van der Waals surface area contributed by atoms with E-state index in [0.717, 1.165) is 31.2 Å². The summed E-state index contributed by atoms with van der Waals surface area (Å²) < 4.78 is 11.8. The third-order valence-electron chi connectivity index (χ3n) is 6.34. The van der Waals surface area contributed by atoms with Crippen molar-refractivity contribution in [1.29, 1.82) is 0 Å². The molecule has 3 aromatic rings. The first-order valence-corrected chi connectivity index (χ1v) is 11.9. The Labute approximate surface area is 199 Å². The Bertz CT molecular complexity index is 1090. The van der Waals surface area contributed by atoms with Crippen LogP contribution in [0.1, 0.15) is 61.3 Å². The predicted molar refractivity (Wildman–Crippen MR) is 129 cm³/mol. The van der Waals surface area contributed by atoms with E-state index in [1.165, 1.54) is 6.42 Å². The second-order valence-corrected chi connectivity index (χ2v) is 8.68. The lowest BCUT2D eigenvalue weighted by Gasteiger charge is -2.29. The standard InChI is InChI=1S/C27H31N3O4/c1-18(19-9-5-3-6-10-19)33-21-13-14-22(29-17-21)23-15-16-24(34-23)26(31)30-25(27(32)28-2)20-11-7-4-8-12-20/h3,5-6,9-10,13-18,20,25H,4,7-8,11-12H2,1-2H3,(H,28,32)(H,30,31)/t18-,25+/m1/s1. The minimum Gasteiger partial charge on any atom is -0.484 e. The van der Waals surface area contributed by atoms with Gasteiger partial charge in [0.05, 0.1) is 6.20 Å². The molecule has 7 heteroatoms. The topological polar surface area (TPSA) is 93.5 Å². The fraction of sp³-hybridized carbons (Fsp3) is 0.370. The number of hydrogen-bond acceptors (Lipinski definition) is 5. The Morgan fingerprint density at radius 3 is 2.47 bits per heavy atom. The molecule has 1 saturated carbocycles. The van der Waals surface area contributed by atoms with E-state index in [9.17, 15) is 9.59 Å². The largest absolute Gasteiger partial charge is 0.484 e. The number of pyridine rings is 1. The summed E-state index contributed by atoms with van der Waals surface area (Å²) in [5, 5.41) is 5.55. The molecule has 1 fully saturated rings. The Kier molecular flexibility index (Phi) is 7.62. The van der Waals surface area contributed by atoms with Crippen molar-refractivity contribution in [2.45, 2.75) is 51.2 Å². The van der Waals surface area contributed by atoms with E-state index in [0.29, 0.717) is 17.2 Å². The number of nitrogens with one attached hydrogen (secondary N) is 2. The number of nitrogens with zero attached hydrogens (tertiary/aromatic N) is 1. The summed E-state index contributed by atoms with van der Waals surface area (Å²) in [5.41, 5.74) is 1.67. The third-order valence-corrected chi connectivity index (χ3v) is 6.34. The highest BCUT2D eigenvalue weighted by Crippen LogP contribution is 2.28. The summed E-state index contributed by atoms with van der Waals surface area (Å²) in [4.78, 5) is 29.7. The smallest absolute Gasteiger partial charge is 0.287 e. The van der Waals surface area contributed by atoms with Crippen LogP contribution in [0.2, 0.25) is 0 Å². The zero-order chi connectivity index (χ0) is 23.9. The van der Waals surface area contributed by atoms with Crippen LogP contribution in [0.15, 0.2) is 65.2 Å². The molecular formula is C27H31N3O4. The second-order valence-electron chi connectivity index (χ2n) is 8.68. The summed E-state index contributed by atoms with van der Waals surface area (Å²) in [6, 6.07) is 16.3. The summed E-state index contributed by atoms with van der Waals surface area (Å²) in [5.74, 6) is 0.836. The van der Waals surface area contributed by atoms with Crippen molar-refractivity contribution in [2.24, 2.45) is 5.92 Å². The number of hydrogen-bond donors (Lipinski definition) is 2. The third kappa shape index (κ3) is 5.65.